The van der Waals surface area contributed by atoms with E-state index < -0.39 is 12.7 Å². The van der Waals surface area contributed by atoms with Crippen LogP contribution in [-0.4, -0.2) is 52.8 Å². The molecule has 0 aromatic carbocycles. The van der Waals surface area contributed by atoms with Crippen molar-refractivity contribution in [1.29, 1.82) is 0 Å². The largest absolute Gasteiger partial charge is 0.401 e. The molecule has 2 bridgehead atoms. The number of alkyl halides is 3. The van der Waals surface area contributed by atoms with Gasteiger partial charge in [-0.05, 0) is 12.8 Å². The van der Waals surface area contributed by atoms with Crippen molar-refractivity contribution in [2.45, 2.75) is 31.1 Å². The Hall–Kier alpha value is -1.08. The van der Waals surface area contributed by atoms with Gasteiger partial charge in [-0.15, -0.1) is 0 Å². The second-order valence-corrected chi connectivity index (χ2v) is 5.66. The van der Waals surface area contributed by atoms with Gasteiger partial charge in [-0.2, -0.15) is 13.2 Å². The molecule has 0 saturated carbocycles. The molecule has 8 heteroatoms. The molecule has 1 aromatic rings. The van der Waals surface area contributed by atoms with E-state index in [9.17, 15) is 13.2 Å². The van der Waals surface area contributed by atoms with Crippen molar-refractivity contribution >= 4 is 17.4 Å². The summed E-state index contributed by atoms with van der Waals surface area (Å²) in [6.45, 7) is 0.292. The van der Waals surface area contributed by atoms with Crippen LogP contribution in [0.25, 0.3) is 0 Å². The minimum Gasteiger partial charge on any atom is -0.353 e. The van der Waals surface area contributed by atoms with Crippen LogP contribution in [0.3, 0.4) is 0 Å². The molecule has 2 aliphatic rings. The fourth-order valence-corrected chi connectivity index (χ4v) is 3.28. The Morgan fingerprint density at radius 2 is 1.85 bits per heavy atom. The Labute approximate surface area is 119 Å². The zero-order valence-corrected chi connectivity index (χ0v) is 11.4. The monoisotopic (exact) mass is 306 g/mol. The Bertz CT molecular complexity index is 482. The van der Waals surface area contributed by atoms with E-state index in [1.807, 2.05) is 4.90 Å². The van der Waals surface area contributed by atoms with Crippen molar-refractivity contribution in [3.8, 4) is 0 Å². The van der Waals surface area contributed by atoms with Gasteiger partial charge in [0.25, 0.3) is 0 Å². The minimum atomic E-state index is -4.14. The Morgan fingerprint density at radius 1 is 1.20 bits per heavy atom. The molecule has 110 valence electrons. The Kier molecular flexibility index (Phi) is 3.50. The SMILES string of the molecule is FC(F)(F)CN1C2CCC1CN(c1cc(Cl)ncn1)C2. The quantitative estimate of drug-likeness (QED) is 0.785. The molecule has 20 heavy (non-hydrogen) atoms. The van der Waals surface area contributed by atoms with Crippen LogP contribution in [0.15, 0.2) is 12.4 Å². The van der Waals surface area contributed by atoms with Crippen molar-refractivity contribution in [1.82, 2.24) is 14.9 Å². The second-order valence-electron chi connectivity index (χ2n) is 5.28. The predicted molar refractivity (Wildman–Crippen MR) is 68.8 cm³/mol. The van der Waals surface area contributed by atoms with E-state index in [-0.39, 0.29) is 12.1 Å². The zero-order chi connectivity index (χ0) is 14.3. The summed E-state index contributed by atoms with van der Waals surface area (Å²) >= 11 is 5.83. The van der Waals surface area contributed by atoms with Gasteiger partial charge in [-0.25, -0.2) is 9.97 Å². The van der Waals surface area contributed by atoms with Crippen molar-refractivity contribution in [3.63, 3.8) is 0 Å². The number of aromatic nitrogens is 2. The summed E-state index contributed by atoms with van der Waals surface area (Å²) in [5.74, 6) is 0.688. The fraction of sp³-hybridized carbons (Fsp3) is 0.667. The van der Waals surface area contributed by atoms with Crippen molar-refractivity contribution in [2.75, 3.05) is 24.5 Å². The van der Waals surface area contributed by atoms with Gasteiger partial charge in [0.2, 0.25) is 0 Å². The Morgan fingerprint density at radius 3 is 2.40 bits per heavy atom. The molecule has 3 heterocycles. The first-order valence-electron chi connectivity index (χ1n) is 6.47. The highest BCUT2D eigenvalue weighted by Crippen LogP contribution is 2.34. The van der Waals surface area contributed by atoms with Crippen LogP contribution in [0.2, 0.25) is 5.15 Å². The molecule has 1 aromatic heterocycles. The molecule has 4 nitrogen and oxygen atoms in total. The molecular weight excluding hydrogens is 293 g/mol. The summed E-state index contributed by atoms with van der Waals surface area (Å²) in [7, 11) is 0. The molecule has 2 atom stereocenters. The number of halogens is 4. The minimum absolute atomic E-state index is 0.0656. The second kappa shape index (κ2) is 5.04. The lowest BCUT2D eigenvalue weighted by molar-refractivity contribution is -0.153. The van der Waals surface area contributed by atoms with Crippen molar-refractivity contribution < 1.29 is 13.2 Å². The number of hydrogen-bond acceptors (Lipinski definition) is 4. The third kappa shape index (κ3) is 2.83. The highest BCUT2D eigenvalue weighted by Gasteiger charge is 2.45. The summed E-state index contributed by atoms with van der Waals surface area (Å²) in [4.78, 5) is 11.6. The highest BCUT2D eigenvalue weighted by atomic mass is 35.5. The van der Waals surface area contributed by atoms with Crippen LogP contribution >= 0.6 is 11.6 Å². The van der Waals surface area contributed by atoms with E-state index in [1.54, 1.807) is 11.0 Å². The first-order chi connectivity index (χ1) is 9.42. The van der Waals surface area contributed by atoms with E-state index in [2.05, 4.69) is 9.97 Å². The molecule has 0 radical (unpaired) electrons. The normalized spacial score (nSPS) is 27.1. The van der Waals surface area contributed by atoms with E-state index in [0.717, 1.165) is 12.8 Å². The third-order valence-corrected chi connectivity index (χ3v) is 4.15. The van der Waals surface area contributed by atoms with Crippen LogP contribution in [0.5, 0.6) is 0 Å². The maximum absolute atomic E-state index is 12.6. The first kappa shape index (κ1) is 13.9. The number of anilines is 1. The average Bonchev–Trinajstić information content (AvgIpc) is 2.60. The molecule has 0 spiro atoms. The lowest BCUT2D eigenvalue weighted by Gasteiger charge is -2.41. The van der Waals surface area contributed by atoms with E-state index in [0.29, 0.717) is 24.1 Å². The Balaban J connectivity index is 1.73. The number of rotatable bonds is 2. The maximum atomic E-state index is 12.6. The van der Waals surface area contributed by atoms with Crippen LogP contribution in [0.4, 0.5) is 19.0 Å². The van der Waals surface area contributed by atoms with Gasteiger partial charge in [0.05, 0.1) is 6.54 Å². The average molecular weight is 307 g/mol. The number of nitrogens with zero attached hydrogens (tertiary/aromatic N) is 4. The van der Waals surface area contributed by atoms with Crippen LogP contribution in [0, 0.1) is 0 Å². The summed E-state index contributed by atoms with van der Waals surface area (Å²) in [6, 6.07) is 1.52. The smallest absolute Gasteiger partial charge is 0.353 e. The third-order valence-electron chi connectivity index (χ3n) is 3.94. The summed E-state index contributed by atoms with van der Waals surface area (Å²) in [5, 5.41) is 0.347. The van der Waals surface area contributed by atoms with Crippen LogP contribution < -0.4 is 4.90 Å². The maximum Gasteiger partial charge on any atom is 0.401 e. The fourth-order valence-electron chi connectivity index (χ4n) is 3.14. The lowest BCUT2D eigenvalue weighted by atomic mass is 10.2. The molecule has 2 aliphatic heterocycles. The molecule has 2 saturated heterocycles. The van der Waals surface area contributed by atoms with Crippen molar-refractivity contribution in [2.24, 2.45) is 0 Å². The predicted octanol–water partition coefficient (Wildman–Crippen LogP) is 2.35. The molecule has 3 rings (SSSR count). The molecule has 2 fully saturated rings. The molecule has 0 N–H and O–H groups in total. The van der Waals surface area contributed by atoms with Gasteiger partial charge in [0.15, 0.2) is 0 Å². The van der Waals surface area contributed by atoms with Gasteiger partial charge in [-0.3, -0.25) is 4.90 Å². The summed E-state index contributed by atoms with van der Waals surface area (Å²) < 4.78 is 37.8. The highest BCUT2D eigenvalue weighted by molar-refractivity contribution is 6.29. The van der Waals surface area contributed by atoms with Gasteiger partial charge in [-0.1, -0.05) is 11.6 Å². The topological polar surface area (TPSA) is 32.3 Å². The van der Waals surface area contributed by atoms with Crippen LogP contribution in [-0.2, 0) is 0 Å². The molecule has 0 aliphatic carbocycles. The zero-order valence-electron chi connectivity index (χ0n) is 10.6. The van der Waals surface area contributed by atoms with Gasteiger partial charge >= 0.3 is 6.18 Å². The van der Waals surface area contributed by atoms with E-state index >= 15 is 0 Å². The van der Waals surface area contributed by atoms with E-state index in [4.69, 9.17) is 11.6 Å². The van der Waals surface area contributed by atoms with E-state index in [1.165, 1.54) is 6.33 Å². The van der Waals surface area contributed by atoms with Crippen LogP contribution in [0.1, 0.15) is 12.8 Å². The summed E-state index contributed by atoms with van der Waals surface area (Å²) in [5.41, 5.74) is 0. The molecule has 0 amide bonds. The summed E-state index contributed by atoms with van der Waals surface area (Å²) in [6.07, 6.45) is -1.16. The molecular formula is C12H14ClF3N4. The van der Waals surface area contributed by atoms with Gasteiger partial charge in [0.1, 0.15) is 17.3 Å². The standard InChI is InChI=1S/C12H14ClF3N4/c13-10-3-11(18-7-17-10)19-4-8-1-2-9(5-19)20(8)6-12(14,15)16/h3,7-9H,1-2,4-6H2. The number of piperazine rings is 1. The lowest BCUT2D eigenvalue weighted by Crippen LogP contribution is -2.56. The van der Waals surface area contributed by atoms with Gasteiger partial charge in [0, 0.05) is 31.2 Å². The molecule has 2 unspecified atom stereocenters. The number of hydrogen-bond donors (Lipinski definition) is 0. The first-order valence-corrected chi connectivity index (χ1v) is 6.85. The number of fused-ring (bicyclic) bond motifs is 2. The van der Waals surface area contributed by atoms with Gasteiger partial charge < -0.3 is 4.90 Å². The van der Waals surface area contributed by atoms with Crippen molar-refractivity contribution in [3.05, 3.63) is 17.5 Å².